The third-order valence-electron chi connectivity index (χ3n) is 4.73. The molecule has 98 valence electrons. The minimum absolute atomic E-state index is 0.112. The molecule has 2 atom stereocenters. The van der Waals surface area contributed by atoms with Gasteiger partial charge in [-0.1, -0.05) is 6.08 Å². The molecule has 0 aromatic heterocycles. The van der Waals surface area contributed by atoms with E-state index in [-0.39, 0.29) is 18.3 Å². The van der Waals surface area contributed by atoms with E-state index in [9.17, 15) is 9.59 Å². The Morgan fingerprint density at radius 2 is 2.06 bits per heavy atom. The first-order valence-electron chi connectivity index (χ1n) is 6.34. The number of Topliss-reactive ketones (excluding diaryl/α,β-unsaturated/α-hetero) is 1. The van der Waals surface area contributed by atoms with E-state index < -0.39 is 17.2 Å². The highest BCUT2D eigenvalue weighted by Gasteiger charge is 2.69. The van der Waals surface area contributed by atoms with Crippen molar-refractivity contribution < 1.29 is 14.3 Å². The Labute approximate surface area is 106 Å². The maximum Gasteiger partial charge on any atom is 0.341 e. The number of carbonyl (C=O) groups excluding carboxylic acids is 2. The highest BCUT2D eigenvalue weighted by molar-refractivity contribution is 5.93. The van der Waals surface area contributed by atoms with Gasteiger partial charge in [-0.15, -0.1) is 6.58 Å². The van der Waals surface area contributed by atoms with Crippen molar-refractivity contribution in [3.05, 3.63) is 12.7 Å². The molecule has 0 heterocycles. The molecule has 0 radical (unpaired) electrons. The zero-order valence-electron chi connectivity index (χ0n) is 10.2. The molecule has 0 amide bonds. The van der Waals surface area contributed by atoms with Crippen molar-refractivity contribution in [2.75, 3.05) is 0 Å². The van der Waals surface area contributed by atoms with Gasteiger partial charge in [0.1, 0.15) is 11.4 Å². The Balaban J connectivity index is 1.70. The van der Waals surface area contributed by atoms with E-state index in [4.69, 9.17) is 16.2 Å². The number of nitrogens with two attached hydrogens (primary N) is 2. The second kappa shape index (κ2) is 3.42. The van der Waals surface area contributed by atoms with Crippen molar-refractivity contribution in [2.24, 2.45) is 29.2 Å². The summed E-state index contributed by atoms with van der Waals surface area (Å²) in [6.07, 6.45) is 3.79. The molecule has 0 aromatic rings. The fourth-order valence-electron chi connectivity index (χ4n) is 3.87. The molecule has 0 aromatic carbocycles. The molecule has 2 unspecified atom stereocenters. The second-order valence-electron chi connectivity index (χ2n) is 6.00. The van der Waals surface area contributed by atoms with Gasteiger partial charge in [0, 0.05) is 18.3 Å². The van der Waals surface area contributed by atoms with Crippen LogP contribution in [-0.2, 0) is 14.3 Å². The van der Waals surface area contributed by atoms with Crippen molar-refractivity contribution in [3.8, 4) is 0 Å². The van der Waals surface area contributed by atoms with Crippen LogP contribution >= 0.6 is 0 Å². The minimum Gasteiger partial charge on any atom is -0.457 e. The summed E-state index contributed by atoms with van der Waals surface area (Å²) >= 11 is 0. The Hall–Kier alpha value is -1.20. The Kier molecular flexibility index (Phi) is 2.26. The maximum absolute atomic E-state index is 12.0. The predicted molar refractivity (Wildman–Crippen MR) is 64.1 cm³/mol. The van der Waals surface area contributed by atoms with E-state index in [0.29, 0.717) is 24.5 Å². The lowest BCUT2D eigenvalue weighted by molar-refractivity contribution is -0.171. The van der Waals surface area contributed by atoms with Gasteiger partial charge in [0.05, 0.1) is 0 Å². The first kappa shape index (κ1) is 11.9. The smallest absolute Gasteiger partial charge is 0.341 e. The number of rotatable bonds is 4. The van der Waals surface area contributed by atoms with Gasteiger partial charge in [-0.25, -0.2) is 4.79 Å². The van der Waals surface area contributed by atoms with Crippen LogP contribution in [0.1, 0.15) is 25.7 Å². The Morgan fingerprint density at radius 3 is 2.56 bits per heavy atom. The van der Waals surface area contributed by atoms with Crippen LogP contribution in [0.15, 0.2) is 12.7 Å². The van der Waals surface area contributed by atoms with E-state index in [0.717, 1.165) is 6.42 Å². The molecule has 3 fully saturated rings. The molecule has 0 spiro atoms. The first-order chi connectivity index (χ1) is 8.38. The predicted octanol–water partition coefficient (Wildman–Crippen LogP) is 0.0870. The average Bonchev–Trinajstić information content (AvgIpc) is 2.79. The van der Waals surface area contributed by atoms with E-state index in [1.54, 1.807) is 0 Å². The third-order valence-corrected chi connectivity index (χ3v) is 4.73. The van der Waals surface area contributed by atoms with Crippen LogP contribution in [-0.4, -0.2) is 23.0 Å². The fourth-order valence-corrected chi connectivity index (χ4v) is 3.87. The summed E-state index contributed by atoms with van der Waals surface area (Å²) < 4.78 is 5.57. The highest BCUT2D eigenvalue weighted by Crippen LogP contribution is 2.64. The van der Waals surface area contributed by atoms with Gasteiger partial charge in [-0.3, -0.25) is 4.79 Å². The van der Waals surface area contributed by atoms with Crippen LogP contribution in [0, 0.1) is 17.8 Å². The van der Waals surface area contributed by atoms with E-state index >= 15 is 0 Å². The quantitative estimate of drug-likeness (QED) is 0.419. The molecular weight excluding hydrogens is 232 g/mol. The molecule has 0 saturated heterocycles. The fraction of sp³-hybridized carbons (Fsp3) is 0.692. The van der Waals surface area contributed by atoms with E-state index in [1.807, 2.05) is 0 Å². The lowest BCUT2D eigenvalue weighted by atomic mass is 9.62. The number of hydrogen-bond acceptors (Lipinski definition) is 5. The van der Waals surface area contributed by atoms with Crippen LogP contribution in [0.3, 0.4) is 0 Å². The van der Waals surface area contributed by atoms with Crippen LogP contribution in [0.4, 0.5) is 0 Å². The van der Waals surface area contributed by atoms with Gasteiger partial charge in [0.25, 0.3) is 0 Å². The second-order valence-corrected chi connectivity index (χ2v) is 6.00. The molecule has 5 nitrogen and oxygen atoms in total. The summed E-state index contributed by atoms with van der Waals surface area (Å²) in [6.45, 7) is 3.52. The maximum atomic E-state index is 12.0. The molecule has 4 N–H and O–H groups in total. The Morgan fingerprint density at radius 1 is 1.44 bits per heavy atom. The van der Waals surface area contributed by atoms with Crippen molar-refractivity contribution in [1.82, 2.24) is 0 Å². The van der Waals surface area contributed by atoms with Gasteiger partial charge >= 0.3 is 5.97 Å². The third kappa shape index (κ3) is 1.40. The molecule has 5 heteroatoms. The minimum atomic E-state index is -1.51. The van der Waals surface area contributed by atoms with Crippen LogP contribution in [0.25, 0.3) is 0 Å². The summed E-state index contributed by atoms with van der Waals surface area (Å²) in [5.41, 5.74) is 9.44. The zero-order valence-corrected chi connectivity index (χ0v) is 10.2. The molecular formula is C13H18N2O3. The first-order valence-corrected chi connectivity index (χ1v) is 6.34. The summed E-state index contributed by atoms with van der Waals surface area (Å²) in [6, 6.07) is 0. The van der Waals surface area contributed by atoms with Crippen molar-refractivity contribution >= 4 is 11.8 Å². The van der Waals surface area contributed by atoms with Gasteiger partial charge in [0.2, 0.25) is 0 Å². The SMILES string of the molecule is C=CCC(N)(N)C(=O)OC12CC3C(=O)C(C1)C3C2. The number of esters is 1. The molecule has 3 rings (SSSR count). The molecule has 2 bridgehead atoms. The lowest BCUT2D eigenvalue weighted by Crippen LogP contribution is -2.59. The summed E-state index contributed by atoms with van der Waals surface area (Å²) in [7, 11) is 0. The largest absolute Gasteiger partial charge is 0.457 e. The van der Waals surface area contributed by atoms with Crippen molar-refractivity contribution in [3.63, 3.8) is 0 Å². The van der Waals surface area contributed by atoms with Crippen LogP contribution in [0.5, 0.6) is 0 Å². The molecule has 18 heavy (non-hydrogen) atoms. The van der Waals surface area contributed by atoms with Gasteiger partial charge < -0.3 is 16.2 Å². The summed E-state index contributed by atoms with van der Waals surface area (Å²) in [5, 5.41) is 0. The highest BCUT2D eigenvalue weighted by atomic mass is 16.6. The summed E-state index contributed by atoms with van der Waals surface area (Å²) in [4.78, 5) is 23.6. The number of ketones is 1. The molecule has 3 aliphatic rings. The zero-order chi connectivity index (χ0) is 13.1. The topological polar surface area (TPSA) is 95.4 Å². The monoisotopic (exact) mass is 250 g/mol. The number of fused-ring (bicyclic) bond motifs is 1. The van der Waals surface area contributed by atoms with E-state index in [2.05, 4.69) is 6.58 Å². The number of hydrogen-bond donors (Lipinski definition) is 2. The van der Waals surface area contributed by atoms with Gasteiger partial charge in [0.15, 0.2) is 5.66 Å². The van der Waals surface area contributed by atoms with Crippen LogP contribution in [0.2, 0.25) is 0 Å². The normalized spacial score (nSPS) is 40.6. The number of ether oxygens (including phenoxy) is 1. The average molecular weight is 250 g/mol. The van der Waals surface area contributed by atoms with Gasteiger partial charge in [-0.05, 0) is 25.2 Å². The summed E-state index contributed by atoms with van der Waals surface area (Å²) in [5.74, 6) is 0.412. The molecule has 3 saturated carbocycles. The van der Waals surface area contributed by atoms with E-state index in [1.165, 1.54) is 6.08 Å². The van der Waals surface area contributed by atoms with Crippen molar-refractivity contribution in [1.29, 1.82) is 0 Å². The lowest BCUT2D eigenvalue weighted by Gasteiger charge is -2.42. The Bertz CT molecular complexity index is 428. The van der Waals surface area contributed by atoms with Crippen molar-refractivity contribution in [2.45, 2.75) is 36.9 Å². The number of carbonyl (C=O) groups is 2. The standard InChI is InChI=1S/C13H18N2O3/c1-2-3-13(14,15)11(17)18-12-4-7-8(5-12)10(16)9(7)6-12/h2,7-9H,1,3-6,14-15H2. The molecule has 0 aliphatic heterocycles. The molecule has 3 aliphatic carbocycles. The van der Waals surface area contributed by atoms with Crippen LogP contribution < -0.4 is 11.5 Å². The van der Waals surface area contributed by atoms with Gasteiger partial charge in [-0.2, -0.15) is 0 Å².